The summed E-state index contributed by atoms with van der Waals surface area (Å²) in [4.78, 5) is 2.36. The summed E-state index contributed by atoms with van der Waals surface area (Å²) in [5.41, 5.74) is 0. The number of likely N-dealkylation sites (N-methyl/N-ethyl adjacent to an activating group) is 1. The fourth-order valence-corrected chi connectivity index (χ4v) is 1.70. The second kappa shape index (κ2) is 11.4. The molecule has 3 nitrogen and oxygen atoms in total. The highest BCUT2D eigenvalue weighted by atomic mass is 16.5. The minimum absolute atomic E-state index is 0.660. The molecule has 0 fully saturated rings. The summed E-state index contributed by atoms with van der Waals surface area (Å²) in [7, 11) is 3.94. The van der Waals surface area contributed by atoms with Gasteiger partial charge in [0.05, 0.1) is 0 Å². The van der Waals surface area contributed by atoms with E-state index >= 15 is 0 Å². The summed E-state index contributed by atoms with van der Waals surface area (Å²) in [5, 5.41) is 3.57. The van der Waals surface area contributed by atoms with Crippen molar-refractivity contribution in [1.82, 2.24) is 10.2 Å². The molecular weight excluding hydrogens is 200 g/mol. The molecule has 3 heteroatoms. The lowest BCUT2D eigenvalue weighted by Gasteiger charge is -2.19. The third-order valence-corrected chi connectivity index (χ3v) is 2.87. The first kappa shape index (κ1) is 15.9. The van der Waals surface area contributed by atoms with Gasteiger partial charge in [-0.3, -0.25) is 0 Å². The van der Waals surface area contributed by atoms with Crippen LogP contribution in [0.25, 0.3) is 0 Å². The van der Waals surface area contributed by atoms with E-state index in [1.807, 2.05) is 0 Å². The first-order chi connectivity index (χ1) is 7.70. The van der Waals surface area contributed by atoms with Crippen LogP contribution in [-0.2, 0) is 4.74 Å². The Morgan fingerprint density at radius 2 is 2.00 bits per heavy atom. The normalized spacial score (nSPS) is 13.3. The smallest absolute Gasteiger partial charge is 0.0474 e. The zero-order valence-electron chi connectivity index (χ0n) is 11.6. The molecule has 0 aliphatic heterocycles. The molecule has 0 amide bonds. The van der Waals surface area contributed by atoms with E-state index in [2.05, 4.69) is 31.1 Å². The van der Waals surface area contributed by atoms with Crippen molar-refractivity contribution < 1.29 is 4.74 Å². The molecule has 0 aromatic rings. The molecule has 1 unspecified atom stereocenters. The van der Waals surface area contributed by atoms with Crippen molar-refractivity contribution in [2.24, 2.45) is 0 Å². The third kappa shape index (κ3) is 10.4. The molecule has 1 atom stereocenters. The Balaban J connectivity index is 3.28. The molecule has 0 aromatic carbocycles. The molecule has 0 aromatic heterocycles. The van der Waals surface area contributed by atoms with Crippen LogP contribution in [-0.4, -0.2) is 51.3 Å². The number of nitrogens with zero attached hydrogens (tertiary/aromatic N) is 1. The minimum Gasteiger partial charge on any atom is -0.385 e. The summed E-state index contributed by atoms with van der Waals surface area (Å²) < 4.78 is 5.04. The molecule has 0 bridgehead atoms. The summed E-state index contributed by atoms with van der Waals surface area (Å²) in [6.45, 7) is 8.73. The second-order valence-electron chi connectivity index (χ2n) is 4.65. The van der Waals surface area contributed by atoms with Crippen LogP contribution in [0.4, 0.5) is 0 Å². The lowest BCUT2D eigenvalue weighted by atomic mass is 10.1. The highest BCUT2D eigenvalue weighted by Gasteiger charge is 2.01. The van der Waals surface area contributed by atoms with Gasteiger partial charge in [0.25, 0.3) is 0 Å². The van der Waals surface area contributed by atoms with Crippen LogP contribution < -0.4 is 5.32 Å². The fraction of sp³-hybridized carbons (Fsp3) is 1.00. The molecule has 1 N–H and O–H groups in total. The average Bonchev–Trinajstić information content (AvgIpc) is 2.26. The highest BCUT2D eigenvalue weighted by Crippen LogP contribution is 1.98. The topological polar surface area (TPSA) is 24.5 Å². The maximum Gasteiger partial charge on any atom is 0.0474 e. The lowest BCUT2D eigenvalue weighted by molar-refractivity contribution is 0.179. The molecule has 0 rings (SSSR count). The fourth-order valence-electron chi connectivity index (χ4n) is 1.70. The van der Waals surface area contributed by atoms with Gasteiger partial charge in [-0.15, -0.1) is 0 Å². The lowest BCUT2D eigenvalue weighted by Crippen LogP contribution is -2.34. The molecule has 0 spiro atoms. The van der Waals surface area contributed by atoms with Crippen molar-refractivity contribution in [3.8, 4) is 0 Å². The zero-order chi connectivity index (χ0) is 12.2. The van der Waals surface area contributed by atoms with E-state index in [4.69, 9.17) is 4.74 Å². The highest BCUT2D eigenvalue weighted by molar-refractivity contribution is 4.62. The van der Waals surface area contributed by atoms with E-state index in [-0.39, 0.29) is 0 Å². The van der Waals surface area contributed by atoms with Gasteiger partial charge in [0.2, 0.25) is 0 Å². The van der Waals surface area contributed by atoms with Crippen LogP contribution in [0.2, 0.25) is 0 Å². The molecule has 0 aliphatic carbocycles. The SMILES string of the molecule is CCCCC(C)NCCN(C)CCCOC. The Morgan fingerprint density at radius 3 is 2.62 bits per heavy atom. The van der Waals surface area contributed by atoms with Crippen LogP contribution in [0.15, 0.2) is 0 Å². The van der Waals surface area contributed by atoms with Crippen LogP contribution in [0.1, 0.15) is 39.5 Å². The van der Waals surface area contributed by atoms with Crippen molar-refractivity contribution in [3.05, 3.63) is 0 Å². The predicted molar refractivity (Wildman–Crippen MR) is 71.0 cm³/mol. The van der Waals surface area contributed by atoms with Gasteiger partial charge in [0.15, 0.2) is 0 Å². The van der Waals surface area contributed by atoms with Crippen LogP contribution in [0, 0.1) is 0 Å². The van der Waals surface area contributed by atoms with Crippen molar-refractivity contribution >= 4 is 0 Å². The number of methoxy groups -OCH3 is 1. The van der Waals surface area contributed by atoms with Crippen LogP contribution >= 0.6 is 0 Å². The molecule has 16 heavy (non-hydrogen) atoms. The Kier molecular flexibility index (Phi) is 11.3. The van der Waals surface area contributed by atoms with E-state index in [0.717, 1.165) is 32.7 Å². The molecule has 0 saturated carbocycles. The predicted octanol–water partition coefficient (Wildman–Crippen LogP) is 2.12. The average molecular weight is 230 g/mol. The Labute approximate surface area is 102 Å². The van der Waals surface area contributed by atoms with Crippen LogP contribution in [0.5, 0.6) is 0 Å². The third-order valence-electron chi connectivity index (χ3n) is 2.87. The minimum atomic E-state index is 0.660. The van der Waals surface area contributed by atoms with E-state index < -0.39 is 0 Å². The standard InChI is InChI=1S/C13H30N2O/c1-5-6-8-13(2)14-9-11-15(3)10-7-12-16-4/h13-14H,5-12H2,1-4H3. The quantitative estimate of drug-likeness (QED) is 0.550. The number of ether oxygens (including phenoxy) is 1. The largest absolute Gasteiger partial charge is 0.385 e. The summed E-state index contributed by atoms with van der Waals surface area (Å²) in [6.07, 6.45) is 5.04. The zero-order valence-corrected chi connectivity index (χ0v) is 11.6. The summed E-state index contributed by atoms with van der Waals surface area (Å²) >= 11 is 0. The van der Waals surface area contributed by atoms with Crippen molar-refractivity contribution in [2.45, 2.75) is 45.6 Å². The Bertz CT molecular complexity index is 142. The summed E-state index contributed by atoms with van der Waals surface area (Å²) in [6, 6.07) is 0.660. The monoisotopic (exact) mass is 230 g/mol. The van der Waals surface area contributed by atoms with E-state index in [1.54, 1.807) is 7.11 Å². The van der Waals surface area contributed by atoms with Gasteiger partial charge < -0.3 is 15.0 Å². The Morgan fingerprint density at radius 1 is 1.25 bits per heavy atom. The molecule has 0 saturated heterocycles. The maximum atomic E-state index is 5.04. The molecular formula is C13H30N2O. The first-order valence-corrected chi connectivity index (χ1v) is 6.61. The number of hydrogen-bond acceptors (Lipinski definition) is 3. The van der Waals surface area contributed by atoms with Gasteiger partial charge in [-0.2, -0.15) is 0 Å². The molecule has 0 aliphatic rings. The van der Waals surface area contributed by atoms with Gasteiger partial charge in [-0.1, -0.05) is 19.8 Å². The van der Waals surface area contributed by atoms with E-state index in [0.29, 0.717) is 6.04 Å². The van der Waals surface area contributed by atoms with Crippen molar-refractivity contribution in [2.75, 3.05) is 40.4 Å². The summed E-state index contributed by atoms with van der Waals surface area (Å²) in [5.74, 6) is 0. The van der Waals surface area contributed by atoms with Crippen molar-refractivity contribution in [1.29, 1.82) is 0 Å². The van der Waals surface area contributed by atoms with Crippen LogP contribution in [0.3, 0.4) is 0 Å². The van der Waals surface area contributed by atoms with Gasteiger partial charge in [-0.25, -0.2) is 0 Å². The number of hydrogen-bond donors (Lipinski definition) is 1. The van der Waals surface area contributed by atoms with E-state index in [9.17, 15) is 0 Å². The van der Waals surface area contributed by atoms with E-state index in [1.165, 1.54) is 19.3 Å². The first-order valence-electron chi connectivity index (χ1n) is 6.61. The van der Waals surface area contributed by atoms with Gasteiger partial charge in [-0.05, 0) is 26.8 Å². The number of unbranched alkanes of at least 4 members (excludes halogenated alkanes) is 1. The molecule has 98 valence electrons. The second-order valence-corrected chi connectivity index (χ2v) is 4.65. The molecule has 0 heterocycles. The van der Waals surface area contributed by atoms with Gasteiger partial charge >= 0.3 is 0 Å². The van der Waals surface area contributed by atoms with Crippen molar-refractivity contribution in [3.63, 3.8) is 0 Å². The van der Waals surface area contributed by atoms with Gasteiger partial charge in [0.1, 0.15) is 0 Å². The number of nitrogens with one attached hydrogen (secondary N) is 1. The van der Waals surface area contributed by atoms with Gasteiger partial charge in [0, 0.05) is 39.4 Å². The Hall–Kier alpha value is -0.120. The number of rotatable bonds is 11. The maximum absolute atomic E-state index is 5.04. The molecule has 0 radical (unpaired) electrons.